The maximum atomic E-state index is 11.0. The van der Waals surface area contributed by atoms with Crippen molar-refractivity contribution in [3.05, 3.63) is 11.6 Å². The molecule has 0 aromatic carbocycles. The van der Waals surface area contributed by atoms with Crippen LogP contribution in [0.4, 0.5) is 0 Å². The highest BCUT2D eigenvalue weighted by Gasteiger charge is 2.12. The van der Waals surface area contributed by atoms with E-state index < -0.39 is 5.60 Å². The second-order valence-corrected chi connectivity index (χ2v) is 5.49. The molecule has 0 spiro atoms. The van der Waals surface area contributed by atoms with Gasteiger partial charge in [-0.05, 0) is 52.0 Å². The summed E-state index contributed by atoms with van der Waals surface area (Å²) in [6, 6.07) is 0. The van der Waals surface area contributed by atoms with Crippen molar-refractivity contribution < 1.29 is 9.90 Å². The van der Waals surface area contributed by atoms with E-state index >= 15 is 0 Å². The second kappa shape index (κ2) is 6.85. The minimum atomic E-state index is -0.551. The highest BCUT2D eigenvalue weighted by Crippen LogP contribution is 2.18. The fraction of sp³-hybridized carbons (Fsp3) is 0.786. The molecule has 0 rings (SSSR count). The number of carbonyl (C=O) groups excluding carboxylic acids is 1. The molecule has 0 amide bonds. The van der Waals surface area contributed by atoms with E-state index in [0.29, 0.717) is 5.92 Å². The van der Waals surface area contributed by atoms with Crippen LogP contribution in [0, 0.1) is 5.92 Å². The molecular weight excluding hydrogens is 200 g/mol. The maximum absolute atomic E-state index is 11.0. The van der Waals surface area contributed by atoms with Gasteiger partial charge < -0.3 is 5.11 Å². The number of hydrogen-bond acceptors (Lipinski definition) is 2. The first-order valence-electron chi connectivity index (χ1n) is 6.12. The molecule has 0 aromatic rings. The number of hydrogen-bond donors (Lipinski definition) is 1. The van der Waals surface area contributed by atoms with E-state index in [4.69, 9.17) is 0 Å². The van der Waals surface area contributed by atoms with Gasteiger partial charge >= 0.3 is 0 Å². The number of aliphatic hydroxyl groups is 1. The summed E-state index contributed by atoms with van der Waals surface area (Å²) < 4.78 is 0. The average Bonchev–Trinajstić information content (AvgIpc) is 2.11. The number of ketones is 1. The smallest absolute Gasteiger partial charge is 0.155 e. The van der Waals surface area contributed by atoms with E-state index in [-0.39, 0.29) is 5.78 Å². The van der Waals surface area contributed by atoms with Crippen LogP contribution in [0.1, 0.15) is 60.3 Å². The van der Waals surface area contributed by atoms with Crippen LogP contribution in [0.5, 0.6) is 0 Å². The lowest BCUT2D eigenvalue weighted by Crippen LogP contribution is -2.18. The second-order valence-electron chi connectivity index (χ2n) is 5.49. The lowest BCUT2D eigenvalue weighted by Gasteiger charge is -2.17. The van der Waals surface area contributed by atoms with Gasteiger partial charge in [-0.3, -0.25) is 4.79 Å². The first kappa shape index (κ1) is 15.4. The predicted octanol–water partition coefficient (Wildman–Crippen LogP) is 3.49. The van der Waals surface area contributed by atoms with Crippen LogP contribution in [0.25, 0.3) is 0 Å². The lowest BCUT2D eigenvalue weighted by molar-refractivity contribution is -0.113. The lowest BCUT2D eigenvalue weighted by atomic mass is 9.94. The SMILES string of the molecule is CC(=O)/C(C)=C/CC(C)CCCC(C)(C)O. The third-order valence-corrected chi connectivity index (χ3v) is 2.87. The molecule has 0 saturated carbocycles. The van der Waals surface area contributed by atoms with Crippen molar-refractivity contribution in [2.45, 2.75) is 65.9 Å². The summed E-state index contributed by atoms with van der Waals surface area (Å²) in [6.45, 7) is 9.35. The molecule has 0 saturated heterocycles. The molecular formula is C14H26O2. The molecule has 0 radical (unpaired) electrons. The quantitative estimate of drug-likeness (QED) is 0.675. The van der Waals surface area contributed by atoms with Crippen molar-refractivity contribution in [2.24, 2.45) is 5.92 Å². The summed E-state index contributed by atoms with van der Waals surface area (Å²) in [7, 11) is 0. The first-order valence-corrected chi connectivity index (χ1v) is 6.12. The van der Waals surface area contributed by atoms with Crippen LogP contribution in [0.3, 0.4) is 0 Å². The summed E-state index contributed by atoms with van der Waals surface area (Å²) >= 11 is 0. The Labute approximate surface area is 99.7 Å². The Bertz CT molecular complexity index is 246. The van der Waals surface area contributed by atoms with Crippen LogP contribution in [0.15, 0.2) is 11.6 Å². The summed E-state index contributed by atoms with van der Waals surface area (Å²) in [4.78, 5) is 11.0. The zero-order chi connectivity index (χ0) is 12.8. The number of allylic oxidation sites excluding steroid dienone is 2. The van der Waals surface area contributed by atoms with Crippen LogP contribution in [-0.4, -0.2) is 16.5 Å². The minimum absolute atomic E-state index is 0.156. The van der Waals surface area contributed by atoms with Gasteiger partial charge in [-0.1, -0.05) is 25.8 Å². The van der Waals surface area contributed by atoms with E-state index in [0.717, 1.165) is 31.3 Å². The molecule has 94 valence electrons. The number of carbonyl (C=O) groups is 1. The van der Waals surface area contributed by atoms with Crippen molar-refractivity contribution in [3.63, 3.8) is 0 Å². The Balaban J connectivity index is 3.80. The van der Waals surface area contributed by atoms with Crippen molar-refractivity contribution in [3.8, 4) is 0 Å². The van der Waals surface area contributed by atoms with E-state index in [1.54, 1.807) is 6.92 Å². The van der Waals surface area contributed by atoms with Crippen molar-refractivity contribution in [2.75, 3.05) is 0 Å². The third kappa shape index (κ3) is 8.66. The minimum Gasteiger partial charge on any atom is -0.390 e. The Morgan fingerprint density at radius 1 is 1.38 bits per heavy atom. The largest absolute Gasteiger partial charge is 0.390 e. The van der Waals surface area contributed by atoms with Gasteiger partial charge in [0, 0.05) is 0 Å². The molecule has 16 heavy (non-hydrogen) atoms. The molecule has 2 nitrogen and oxygen atoms in total. The first-order chi connectivity index (χ1) is 7.22. The highest BCUT2D eigenvalue weighted by molar-refractivity contribution is 5.92. The van der Waals surface area contributed by atoms with Gasteiger partial charge in [0.05, 0.1) is 5.60 Å². The molecule has 0 aliphatic rings. The Morgan fingerprint density at radius 3 is 2.38 bits per heavy atom. The third-order valence-electron chi connectivity index (χ3n) is 2.87. The van der Waals surface area contributed by atoms with Gasteiger partial charge in [0.2, 0.25) is 0 Å². The normalized spacial score (nSPS) is 15.0. The fourth-order valence-corrected chi connectivity index (χ4v) is 1.52. The average molecular weight is 226 g/mol. The Morgan fingerprint density at radius 2 is 1.94 bits per heavy atom. The van der Waals surface area contributed by atoms with E-state index in [1.807, 2.05) is 26.8 Å². The van der Waals surface area contributed by atoms with Crippen LogP contribution < -0.4 is 0 Å². The van der Waals surface area contributed by atoms with Crippen molar-refractivity contribution >= 4 is 5.78 Å². The zero-order valence-electron chi connectivity index (χ0n) is 11.3. The highest BCUT2D eigenvalue weighted by atomic mass is 16.3. The standard InChI is InChI=1S/C14H26O2/c1-11(7-6-10-14(4,5)16)8-9-12(2)13(3)15/h9,11,16H,6-8,10H2,1-5H3/b12-9+. The summed E-state index contributed by atoms with van der Waals surface area (Å²) in [5.41, 5.74) is 0.305. The molecule has 0 fully saturated rings. The van der Waals surface area contributed by atoms with E-state index in [2.05, 4.69) is 6.92 Å². The maximum Gasteiger partial charge on any atom is 0.155 e. The van der Waals surface area contributed by atoms with Gasteiger partial charge in [0.25, 0.3) is 0 Å². The van der Waals surface area contributed by atoms with Crippen LogP contribution in [0.2, 0.25) is 0 Å². The predicted molar refractivity (Wildman–Crippen MR) is 68.4 cm³/mol. The van der Waals surface area contributed by atoms with Gasteiger partial charge in [0.1, 0.15) is 0 Å². The van der Waals surface area contributed by atoms with E-state index in [9.17, 15) is 9.90 Å². The molecule has 0 aromatic heterocycles. The molecule has 1 atom stereocenters. The molecule has 0 heterocycles. The van der Waals surface area contributed by atoms with Crippen molar-refractivity contribution in [1.29, 1.82) is 0 Å². The molecule has 0 aliphatic heterocycles. The molecule has 1 unspecified atom stereocenters. The molecule has 1 N–H and O–H groups in total. The molecule has 0 bridgehead atoms. The molecule has 0 aliphatic carbocycles. The number of Topliss-reactive ketones (excluding diaryl/α,β-unsaturated/α-hetero) is 1. The van der Waals surface area contributed by atoms with Crippen molar-refractivity contribution in [1.82, 2.24) is 0 Å². The van der Waals surface area contributed by atoms with Crippen LogP contribution in [-0.2, 0) is 4.79 Å². The number of rotatable bonds is 7. The summed E-state index contributed by atoms with van der Waals surface area (Å²) in [5, 5.41) is 9.56. The topological polar surface area (TPSA) is 37.3 Å². The van der Waals surface area contributed by atoms with Crippen LogP contribution >= 0.6 is 0 Å². The zero-order valence-corrected chi connectivity index (χ0v) is 11.3. The Kier molecular flexibility index (Phi) is 6.58. The molecule has 2 heteroatoms. The fourth-order valence-electron chi connectivity index (χ4n) is 1.52. The van der Waals surface area contributed by atoms with Gasteiger partial charge in [-0.25, -0.2) is 0 Å². The summed E-state index contributed by atoms with van der Waals surface area (Å²) in [5.74, 6) is 0.736. The summed E-state index contributed by atoms with van der Waals surface area (Å²) in [6.07, 6.45) is 5.96. The van der Waals surface area contributed by atoms with Gasteiger partial charge in [-0.2, -0.15) is 0 Å². The van der Waals surface area contributed by atoms with E-state index in [1.165, 1.54) is 0 Å². The Hall–Kier alpha value is -0.630. The van der Waals surface area contributed by atoms with Gasteiger partial charge in [-0.15, -0.1) is 0 Å². The van der Waals surface area contributed by atoms with Gasteiger partial charge in [0.15, 0.2) is 5.78 Å². The monoisotopic (exact) mass is 226 g/mol.